The Bertz CT molecular complexity index is 1300. The van der Waals surface area contributed by atoms with Gasteiger partial charge in [-0.15, -0.1) is 5.76 Å². The Hall–Kier alpha value is -4.00. The molecule has 1 aliphatic rings. The molecule has 0 bridgehead atoms. The Balaban J connectivity index is 1.74. The number of benzene rings is 3. The third kappa shape index (κ3) is 5.15. The molecule has 3 aromatic carbocycles. The van der Waals surface area contributed by atoms with Crippen molar-refractivity contribution in [2.45, 2.75) is 25.8 Å². The molecule has 1 atom stereocenters. The second-order valence-electron chi connectivity index (χ2n) is 8.53. The number of aliphatic hydroxyl groups excluding tert-OH is 1. The summed E-state index contributed by atoms with van der Waals surface area (Å²) in [6, 6.07) is 18.1. The van der Waals surface area contributed by atoms with Crippen molar-refractivity contribution in [3.05, 3.63) is 82.2 Å². The van der Waals surface area contributed by atoms with Gasteiger partial charge in [0.1, 0.15) is 18.1 Å². The summed E-state index contributed by atoms with van der Waals surface area (Å²) in [7, 11) is 4.85. The predicted molar refractivity (Wildman–Crippen MR) is 137 cm³/mol. The van der Waals surface area contributed by atoms with Gasteiger partial charge in [0.05, 0.1) is 27.4 Å². The number of methoxy groups -OCH3 is 3. The molecule has 0 fully saturated rings. The maximum absolute atomic E-state index is 12.0. The molecule has 1 aliphatic heterocycles. The van der Waals surface area contributed by atoms with Crippen LogP contribution in [0.1, 0.15) is 30.5 Å². The second kappa shape index (κ2) is 11.2. The summed E-state index contributed by atoms with van der Waals surface area (Å²) in [5.41, 5.74) is 2.11. The van der Waals surface area contributed by atoms with Crippen molar-refractivity contribution in [2.24, 2.45) is 0 Å². The van der Waals surface area contributed by atoms with Crippen molar-refractivity contribution in [3.8, 4) is 23.0 Å². The van der Waals surface area contributed by atoms with Crippen LogP contribution in [0.15, 0.2) is 60.7 Å². The van der Waals surface area contributed by atoms with Crippen LogP contribution in [0.2, 0.25) is 0 Å². The molecule has 0 aliphatic carbocycles. The van der Waals surface area contributed by atoms with E-state index in [1.807, 2.05) is 48.2 Å². The first-order valence-electron chi connectivity index (χ1n) is 12.0. The minimum absolute atomic E-state index is 0.0692. The monoisotopic (exact) mass is 490 g/mol. The van der Waals surface area contributed by atoms with Crippen LogP contribution < -0.4 is 34.5 Å². The SMILES string of the molecule is CCC([O-])=c1ccc(=C(O)N2CCc3cc(OC)c(OC)cc3C2COc2ccc(OC)cc2)cc1. The molecule has 1 heterocycles. The average Bonchev–Trinajstić information content (AvgIpc) is 2.94. The zero-order valence-corrected chi connectivity index (χ0v) is 21.1. The van der Waals surface area contributed by atoms with E-state index >= 15 is 0 Å². The third-order valence-corrected chi connectivity index (χ3v) is 6.53. The first-order chi connectivity index (χ1) is 17.5. The van der Waals surface area contributed by atoms with Crippen molar-refractivity contribution >= 4 is 11.6 Å². The van der Waals surface area contributed by atoms with E-state index in [0.717, 1.165) is 16.9 Å². The van der Waals surface area contributed by atoms with E-state index in [1.165, 1.54) is 0 Å². The summed E-state index contributed by atoms with van der Waals surface area (Å²) < 4.78 is 22.5. The van der Waals surface area contributed by atoms with Gasteiger partial charge < -0.3 is 34.1 Å². The van der Waals surface area contributed by atoms with Gasteiger partial charge in [0.15, 0.2) is 17.4 Å². The van der Waals surface area contributed by atoms with Gasteiger partial charge in [-0.3, -0.25) is 0 Å². The fourth-order valence-electron chi connectivity index (χ4n) is 4.48. The Morgan fingerprint density at radius 1 is 0.889 bits per heavy atom. The van der Waals surface area contributed by atoms with Crippen molar-refractivity contribution in [1.29, 1.82) is 0 Å². The van der Waals surface area contributed by atoms with Gasteiger partial charge in [0.25, 0.3) is 0 Å². The minimum atomic E-state index is -0.285. The highest BCUT2D eigenvalue weighted by molar-refractivity contribution is 5.51. The van der Waals surface area contributed by atoms with Gasteiger partial charge in [-0.25, -0.2) is 0 Å². The molecule has 1 N–H and O–H groups in total. The molecular weight excluding hydrogens is 458 g/mol. The summed E-state index contributed by atoms with van der Waals surface area (Å²) in [5.74, 6) is 2.94. The van der Waals surface area contributed by atoms with Crippen LogP contribution in [0.3, 0.4) is 0 Å². The number of aliphatic hydroxyl groups is 1. The maximum Gasteiger partial charge on any atom is 0.194 e. The Morgan fingerprint density at radius 2 is 1.50 bits per heavy atom. The number of hydrogen-bond acceptors (Lipinski definition) is 7. The number of rotatable bonds is 8. The fraction of sp³-hybridized carbons (Fsp3) is 0.310. The van der Waals surface area contributed by atoms with Crippen molar-refractivity contribution in [2.75, 3.05) is 34.5 Å². The van der Waals surface area contributed by atoms with E-state index < -0.39 is 0 Å². The zero-order valence-electron chi connectivity index (χ0n) is 21.1. The van der Waals surface area contributed by atoms with Crippen LogP contribution in [0, 0.1) is 0 Å². The molecule has 0 saturated carbocycles. The molecule has 0 saturated heterocycles. The van der Waals surface area contributed by atoms with Gasteiger partial charge in [0, 0.05) is 11.8 Å². The lowest BCUT2D eigenvalue weighted by Gasteiger charge is -2.38. The Kier molecular flexibility index (Phi) is 7.78. The van der Waals surface area contributed by atoms with Gasteiger partial charge in [-0.1, -0.05) is 19.1 Å². The Morgan fingerprint density at radius 3 is 2.11 bits per heavy atom. The van der Waals surface area contributed by atoms with Crippen LogP contribution in [-0.4, -0.2) is 44.5 Å². The molecule has 0 amide bonds. The molecular formula is C29H32NO6-. The molecule has 0 aromatic heterocycles. The van der Waals surface area contributed by atoms with Crippen LogP contribution >= 0.6 is 0 Å². The number of nitrogens with zero attached hydrogens (tertiary/aromatic N) is 1. The van der Waals surface area contributed by atoms with E-state index in [2.05, 4.69) is 0 Å². The predicted octanol–water partition coefficient (Wildman–Crippen LogP) is 2.89. The molecule has 7 nitrogen and oxygen atoms in total. The number of ether oxygens (including phenoxy) is 4. The summed E-state index contributed by atoms with van der Waals surface area (Å²) in [5, 5.41) is 24.7. The number of hydrogen-bond donors (Lipinski definition) is 1. The molecule has 3 aromatic rings. The van der Waals surface area contributed by atoms with Gasteiger partial charge in [0.2, 0.25) is 0 Å². The second-order valence-corrected chi connectivity index (χ2v) is 8.53. The van der Waals surface area contributed by atoms with E-state index in [-0.39, 0.29) is 17.7 Å². The summed E-state index contributed by atoms with van der Waals surface area (Å²) in [6.07, 6.45) is 1.15. The van der Waals surface area contributed by atoms with Gasteiger partial charge >= 0.3 is 0 Å². The largest absolute Gasteiger partial charge is 0.875 e. The van der Waals surface area contributed by atoms with E-state index in [0.29, 0.717) is 53.7 Å². The normalized spacial score (nSPS) is 14.6. The highest BCUT2D eigenvalue weighted by Gasteiger charge is 2.31. The highest BCUT2D eigenvalue weighted by Crippen LogP contribution is 2.39. The molecule has 0 spiro atoms. The molecule has 36 heavy (non-hydrogen) atoms. The standard InChI is InChI=1S/C29H33NO6/c1-5-26(31)19-6-8-20(9-7-19)29(32)30-15-14-21-16-27(34-3)28(35-4)17-24(21)25(30)18-36-23-12-10-22(33-2)11-13-23/h6-13,16-17,25,31-32H,5,14-15,18H2,1-4H3/p-1. The lowest BCUT2D eigenvalue weighted by Crippen LogP contribution is -2.39. The summed E-state index contributed by atoms with van der Waals surface area (Å²) in [4.78, 5) is 1.94. The van der Waals surface area contributed by atoms with Crippen molar-refractivity contribution in [1.82, 2.24) is 4.90 Å². The quantitative estimate of drug-likeness (QED) is 0.520. The first kappa shape index (κ1) is 25.1. The smallest absolute Gasteiger partial charge is 0.194 e. The van der Waals surface area contributed by atoms with Gasteiger partial charge in [-0.05, 0) is 77.7 Å². The van der Waals surface area contributed by atoms with Crippen molar-refractivity contribution < 1.29 is 29.2 Å². The third-order valence-electron chi connectivity index (χ3n) is 6.53. The van der Waals surface area contributed by atoms with E-state index in [1.54, 1.807) is 45.6 Å². The van der Waals surface area contributed by atoms with Crippen LogP contribution in [-0.2, 0) is 6.42 Å². The lowest BCUT2D eigenvalue weighted by molar-refractivity contribution is -0.252. The first-order valence-corrected chi connectivity index (χ1v) is 12.0. The average molecular weight is 491 g/mol. The molecule has 0 radical (unpaired) electrons. The highest BCUT2D eigenvalue weighted by atomic mass is 16.5. The number of fused-ring (bicyclic) bond motifs is 1. The molecule has 4 rings (SSSR count). The lowest BCUT2D eigenvalue weighted by atomic mass is 9.92. The minimum Gasteiger partial charge on any atom is -0.875 e. The van der Waals surface area contributed by atoms with Gasteiger partial charge in [-0.2, -0.15) is 0 Å². The van der Waals surface area contributed by atoms with E-state index in [4.69, 9.17) is 18.9 Å². The molecule has 7 heteroatoms. The molecule has 1 unspecified atom stereocenters. The maximum atomic E-state index is 12.0. The zero-order chi connectivity index (χ0) is 25.7. The van der Waals surface area contributed by atoms with Crippen LogP contribution in [0.25, 0.3) is 11.6 Å². The Labute approximate surface area is 211 Å². The fourth-order valence-corrected chi connectivity index (χ4v) is 4.48. The van der Waals surface area contributed by atoms with Crippen LogP contribution in [0.5, 0.6) is 23.0 Å². The topological polar surface area (TPSA) is 83.5 Å². The summed E-state index contributed by atoms with van der Waals surface area (Å²) in [6.45, 7) is 2.72. The molecule has 190 valence electrons. The van der Waals surface area contributed by atoms with Crippen molar-refractivity contribution in [3.63, 3.8) is 0 Å². The van der Waals surface area contributed by atoms with Crippen LogP contribution in [0.4, 0.5) is 0 Å². The van der Waals surface area contributed by atoms with E-state index in [9.17, 15) is 10.2 Å². The summed E-state index contributed by atoms with van der Waals surface area (Å²) >= 11 is 0.